The normalized spacial score (nSPS) is 16.7. The van der Waals surface area contributed by atoms with Crippen LogP contribution >= 0.6 is 0 Å². The van der Waals surface area contributed by atoms with E-state index in [0.29, 0.717) is 31.3 Å². The van der Waals surface area contributed by atoms with Crippen molar-refractivity contribution < 1.29 is 23.8 Å². The molecule has 1 saturated heterocycles. The van der Waals surface area contributed by atoms with E-state index in [-0.39, 0.29) is 30.1 Å². The maximum Gasteiger partial charge on any atom is 0.270 e. The summed E-state index contributed by atoms with van der Waals surface area (Å²) in [6.07, 6.45) is 6.21. The number of nitrogens with one attached hydrogen (secondary N) is 2. The molecule has 1 atom stereocenters. The summed E-state index contributed by atoms with van der Waals surface area (Å²) in [6.45, 7) is 7.54. The Labute approximate surface area is 251 Å². The van der Waals surface area contributed by atoms with Crippen molar-refractivity contribution in [2.24, 2.45) is 0 Å². The Kier molecular flexibility index (Phi) is 9.85. The number of benzene rings is 1. The Morgan fingerprint density at radius 1 is 1.23 bits per heavy atom. The SMILES string of the molecule is CC(=O)N(C)N1CCC(Nc2cc(C(=O)NC[C@H](O)CN3CCc4c(ccc(OCc5cnco5)c4C)C3)ncn2)CC1. The van der Waals surface area contributed by atoms with Crippen molar-refractivity contribution >= 4 is 17.6 Å². The standard InChI is InChI=1S/C30H40N8O5/c1-20-26-8-9-37(15-22(26)4-5-28(20)42-17-25-14-31-19-43-25)16-24(40)13-32-30(41)27-12-29(34-18-33-27)35-23-6-10-38(11-7-23)36(3)21(2)39/h4-5,12,14,18-19,23-24,40H,6-11,13,15-17H2,1-3H3,(H,32,41)(H,33,34,35)/t24-/m0/s1. The molecule has 0 radical (unpaired) electrons. The van der Waals surface area contributed by atoms with Gasteiger partial charge < -0.3 is 24.9 Å². The molecule has 0 saturated carbocycles. The van der Waals surface area contributed by atoms with Crippen LogP contribution in [0.25, 0.3) is 0 Å². The smallest absolute Gasteiger partial charge is 0.270 e. The predicted octanol–water partition coefficient (Wildman–Crippen LogP) is 1.77. The summed E-state index contributed by atoms with van der Waals surface area (Å²) < 4.78 is 11.2. The largest absolute Gasteiger partial charge is 0.485 e. The van der Waals surface area contributed by atoms with Crippen molar-refractivity contribution in [1.82, 2.24) is 35.2 Å². The fraction of sp³-hybridized carbons (Fsp3) is 0.500. The highest BCUT2D eigenvalue weighted by Crippen LogP contribution is 2.30. The van der Waals surface area contributed by atoms with Crippen LogP contribution in [0.3, 0.4) is 0 Å². The fourth-order valence-corrected chi connectivity index (χ4v) is 5.59. The van der Waals surface area contributed by atoms with Crippen LogP contribution < -0.4 is 15.4 Å². The second-order valence-electron chi connectivity index (χ2n) is 11.1. The molecule has 230 valence electrons. The third-order valence-corrected chi connectivity index (χ3v) is 8.14. The van der Waals surface area contributed by atoms with Gasteiger partial charge in [0.25, 0.3) is 5.91 Å². The van der Waals surface area contributed by atoms with Crippen molar-refractivity contribution in [3.05, 3.63) is 65.3 Å². The van der Waals surface area contributed by atoms with Gasteiger partial charge in [-0.05, 0) is 48.9 Å². The Hall–Kier alpha value is -4.07. The number of hydrogen-bond acceptors (Lipinski definition) is 11. The number of ether oxygens (including phenoxy) is 1. The molecule has 1 aromatic carbocycles. The van der Waals surface area contributed by atoms with Gasteiger partial charge in [0.1, 0.15) is 30.2 Å². The third kappa shape index (κ3) is 7.86. The molecule has 1 fully saturated rings. The summed E-state index contributed by atoms with van der Waals surface area (Å²) in [7, 11) is 1.78. The summed E-state index contributed by atoms with van der Waals surface area (Å²) in [5, 5.41) is 20.6. The number of aromatic nitrogens is 3. The number of aliphatic hydroxyl groups excluding tert-OH is 1. The molecular formula is C30H40N8O5. The topological polar surface area (TPSA) is 149 Å². The lowest BCUT2D eigenvalue weighted by molar-refractivity contribution is -0.144. The highest BCUT2D eigenvalue weighted by atomic mass is 16.5. The van der Waals surface area contributed by atoms with E-state index < -0.39 is 6.10 Å². The molecular weight excluding hydrogens is 552 g/mol. The minimum atomic E-state index is -0.728. The molecule has 0 spiro atoms. The van der Waals surface area contributed by atoms with Gasteiger partial charge in [-0.3, -0.25) is 19.5 Å². The average molecular weight is 593 g/mol. The van der Waals surface area contributed by atoms with E-state index in [9.17, 15) is 14.7 Å². The molecule has 3 aromatic rings. The molecule has 2 amide bonds. The van der Waals surface area contributed by atoms with Gasteiger partial charge in [0, 0.05) is 65.3 Å². The number of hydrazine groups is 1. The number of rotatable bonds is 11. The van der Waals surface area contributed by atoms with E-state index in [1.165, 1.54) is 23.8 Å². The summed E-state index contributed by atoms with van der Waals surface area (Å²) in [5.41, 5.74) is 3.84. The average Bonchev–Trinajstić information content (AvgIpc) is 3.53. The Balaban J connectivity index is 1.06. The van der Waals surface area contributed by atoms with Crippen LogP contribution in [-0.2, 0) is 24.4 Å². The van der Waals surface area contributed by atoms with E-state index in [0.717, 1.165) is 50.2 Å². The van der Waals surface area contributed by atoms with Crippen molar-refractivity contribution in [1.29, 1.82) is 0 Å². The number of nitrogens with zero attached hydrogens (tertiary/aromatic N) is 6. The number of hydrogen-bond donors (Lipinski definition) is 3. The lowest BCUT2D eigenvalue weighted by Crippen LogP contribution is -2.49. The van der Waals surface area contributed by atoms with Gasteiger partial charge in [-0.1, -0.05) is 6.07 Å². The zero-order chi connectivity index (χ0) is 30.3. The van der Waals surface area contributed by atoms with Gasteiger partial charge in [0.2, 0.25) is 5.91 Å². The monoisotopic (exact) mass is 592 g/mol. The summed E-state index contributed by atoms with van der Waals surface area (Å²) >= 11 is 0. The van der Waals surface area contributed by atoms with Crippen LogP contribution in [0.2, 0.25) is 0 Å². The molecule has 3 N–H and O–H groups in total. The number of amides is 2. The number of piperidine rings is 1. The Morgan fingerprint density at radius 3 is 2.79 bits per heavy atom. The maximum atomic E-state index is 12.8. The fourth-order valence-electron chi connectivity index (χ4n) is 5.59. The molecule has 0 bridgehead atoms. The number of carbonyl (C=O) groups excluding carboxylic acids is 2. The van der Waals surface area contributed by atoms with Gasteiger partial charge in [-0.2, -0.15) is 0 Å². The molecule has 0 aliphatic carbocycles. The van der Waals surface area contributed by atoms with Crippen molar-refractivity contribution in [2.45, 2.75) is 58.4 Å². The number of aliphatic hydroxyl groups is 1. The second-order valence-corrected chi connectivity index (χ2v) is 11.1. The zero-order valence-corrected chi connectivity index (χ0v) is 25.0. The van der Waals surface area contributed by atoms with Crippen LogP contribution in [0.1, 0.15) is 52.7 Å². The number of β-amino-alcohol motifs (C(OH)–C–C–N with tert-alkyl or cyclic N) is 1. The van der Waals surface area contributed by atoms with Crippen LogP contribution in [0.4, 0.5) is 5.82 Å². The molecule has 0 unspecified atom stereocenters. The predicted molar refractivity (Wildman–Crippen MR) is 158 cm³/mol. The summed E-state index contributed by atoms with van der Waals surface area (Å²) in [6, 6.07) is 5.86. The first-order valence-electron chi connectivity index (χ1n) is 14.6. The van der Waals surface area contributed by atoms with Crippen LogP contribution in [0.5, 0.6) is 5.75 Å². The van der Waals surface area contributed by atoms with Crippen molar-refractivity contribution in [3.63, 3.8) is 0 Å². The van der Waals surface area contributed by atoms with Crippen LogP contribution in [-0.4, -0.2) is 98.7 Å². The van der Waals surface area contributed by atoms with Crippen molar-refractivity contribution in [2.75, 3.05) is 45.1 Å². The number of fused-ring (bicyclic) bond motifs is 1. The van der Waals surface area contributed by atoms with Gasteiger partial charge in [-0.25, -0.2) is 20.0 Å². The highest BCUT2D eigenvalue weighted by molar-refractivity contribution is 5.92. The lowest BCUT2D eigenvalue weighted by Gasteiger charge is -2.37. The Morgan fingerprint density at radius 2 is 2.05 bits per heavy atom. The van der Waals surface area contributed by atoms with Gasteiger partial charge in [0.05, 0.1) is 12.3 Å². The van der Waals surface area contributed by atoms with E-state index in [4.69, 9.17) is 9.15 Å². The number of anilines is 1. The minimum Gasteiger partial charge on any atom is -0.485 e. The Bertz CT molecular complexity index is 1390. The first kappa shape index (κ1) is 30.4. The van der Waals surface area contributed by atoms with Gasteiger partial charge in [0.15, 0.2) is 12.2 Å². The number of oxazole rings is 1. The molecule has 2 aromatic heterocycles. The first-order valence-corrected chi connectivity index (χ1v) is 14.6. The molecule has 13 nitrogen and oxygen atoms in total. The van der Waals surface area contributed by atoms with Crippen molar-refractivity contribution in [3.8, 4) is 5.75 Å². The maximum absolute atomic E-state index is 12.8. The minimum absolute atomic E-state index is 0.0139. The molecule has 2 aliphatic heterocycles. The summed E-state index contributed by atoms with van der Waals surface area (Å²) in [5.74, 6) is 1.73. The number of carbonyl (C=O) groups is 2. The summed E-state index contributed by atoms with van der Waals surface area (Å²) in [4.78, 5) is 38.9. The highest BCUT2D eigenvalue weighted by Gasteiger charge is 2.24. The van der Waals surface area contributed by atoms with Gasteiger partial charge in [-0.15, -0.1) is 0 Å². The molecule has 13 heteroatoms. The zero-order valence-electron chi connectivity index (χ0n) is 25.0. The van der Waals surface area contributed by atoms with E-state index >= 15 is 0 Å². The van der Waals surface area contributed by atoms with Gasteiger partial charge >= 0.3 is 0 Å². The molecule has 2 aliphatic rings. The van der Waals surface area contributed by atoms with E-state index in [1.807, 2.05) is 11.1 Å². The third-order valence-electron chi connectivity index (χ3n) is 8.14. The molecule has 4 heterocycles. The lowest BCUT2D eigenvalue weighted by atomic mass is 9.94. The van der Waals surface area contributed by atoms with E-state index in [1.54, 1.807) is 31.2 Å². The quantitative estimate of drug-likeness (QED) is 0.299. The first-order chi connectivity index (χ1) is 20.8. The molecule has 43 heavy (non-hydrogen) atoms. The van der Waals surface area contributed by atoms with E-state index in [2.05, 4.69) is 43.5 Å². The second kappa shape index (κ2) is 13.9. The molecule has 5 rings (SSSR count). The van der Waals surface area contributed by atoms with Crippen LogP contribution in [0.15, 0.2) is 41.5 Å². The van der Waals surface area contributed by atoms with Crippen LogP contribution in [0, 0.1) is 6.92 Å².